The second-order valence-electron chi connectivity index (χ2n) is 3.46. The fourth-order valence-electron chi connectivity index (χ4n) is 1.44. The number of pyridine rings is 1. The highest BCUT2D eigenvalue weighted by molar-refractivity contribution is 7.80. The minimum absolute atomic E-state index is 0.269. The summed E-state index contributed by atoms with van der Waals surface area (Å²) in [6, 6.07) is 4.00. The fraction of sp³-hybridized carbons (Fsp3) is 0.455. The van der Waals surface area contributed by atoms with Crippen LogP contribution in [0.2, 0.25) is 0 Å². The fourth-order valence-corrected chi connectivity index (χ4v) is 1.53. The Balaban J connectivity index is 2.64. The van der Waals surface area contributed by atoms with Crippen LogP contribution < -0.4 is 11.1 Å². The molecule has 0 aliphatic heterocycles. The van der Waals surface area contributed by atoms with Gasteiger partial charge in [0.15, 0.2) is 5.11 Å². The van der Waals surface area contributed by atoms with Crippen LogP contribution in [0.15, 0.2) is 18.3 Å². The number of nitrogens with one attached hydrogen (secondary N) is 1. The number of anilines is 1. The first kappa shape index (κ1) is 11.9. The number of aryl methyl sites for hydroxylation is 1. The van der Waals surface area contributed by atoms with Gasteiger partial charge in [0, 0.05) is 6.20 Å². The lowest BCUT2D eigenvalue weighted by molar-refractivity contribution is 0.717. The van der Waals surface area contributed by atoms with Crippen LogP contribution >= 0.6 is 12.2 Å². The van der Waals surface area contributed by atoms with Crippen LogP contribution in [-0.4, -0.2) is 10.1 Å². The van der Waals surface area contributed by atoms with Crippen LogP contribution in [-0.2, 0) is 6.42 Å². The van der Waals surface area contributed by atoms with E-state index in [1.165, 1.54) is 24.8 Å². The molecule has 0 spiro atoms. The summed E-state index contributed by atoms with van der Waals surface area (Å²) in [6.45, 7) is 2.19. The van der Waals surface area contributed by atoms with Gasteiger partial charge in [-0.1, -0.05) is 25.8 Å². The molecule has 82 valence electrons. The Labute approximate surface area is 96.1 Å². The molecule has 0 unspecified atom stereocenters. The van der Waals surface area contributed by atoms with Crippen molar-refractivity contribution in [2.45, 2.75) is 32.6 Å². The number of nitrogens with two attached hydrogens (primary N) is 1. The van der Waals surface area contributed by atoms with E-state index in [0.29, 0.717) is 0 Å². The highest BCUT2D eigenvalue weighted by atomic mass is 32.1. The Morgan fingerprint density at radius 2 is 2.33 bits per heavy atom. The van der Waals surface area contributed by atoms with E-state index in [0.717, 1.165) is 12.2 Å². The van der Waals surface area contributed by atoms with E-state index in [4.69, 9.17) is 18.0 Å². The SMILES string of the molecule is CCCCCc1cccnc1NC(N)=S. The minimum Gasteiger partial charge on any atom is -0.376 e. The molecule has 0 aliphatic carbocycles. The molecule has 0 bridgehead atoms. The zero-order chi connectivity index (χ0) is 11.1. The first-order valence-electron chi connectivity index (χ1n) is 5.24. The summed E-state index contributed by atoms with van der Waals surface area (Å²) in [5.74, 6) is 0.793. The molecule has 0 aliphatic rings. The van der Waals surface area contributed by atoms with Gasteiger partial charge in [-0.3, -0.25) is 0 Å². The average molecular weight is 223 g/mol. The number of rotatable bonds is 5. The van der Waals surface area contributed by atoms with Crippen LogP contribution in [0, 0.1) is 0 Å². The van der Waals surface area contributed by atoms with Crippen molar-refractivity contribution >= 4 is 23.1 Å². The summed E-state index contributed by atoms with van der Waals surface area (Å²) in [6.07, 6.45) is 6.39. The van der Waals surface area contributed by atoms with Gasteiger partial charge in [-0.15, -0.1) is 0 Å². The number of hydrogen-bond donors (Lipinski definition) is 2. The van der Waals surface area contributed by atoms with Gasteiger partial charge >= 0.3 is 0 Å². The van der Waals surface area contributed by atoms with E-state index in [2.05, 4.69) is 23.3 Å². The lowest BCUT2D eigenvalue weighted by Crippen LogP contribution is -2.20. The number of thiocarbonyl (C=S) groups is 1. The molecule has 0 atom stereocenters. The molecule has 0 saturated heterocycles. The number of nitrogens with zero attached hydrogens (tertiary/aromatic N) is 1. The molecule has 1 aromatic rings. The van der Waals surface area contributed by atoms with Crippen LogP contribution in [0.3, 0.4) is 0 Å². The van der Waals surface area contributed by atoms with Crippen LogP contribution in [0.1, 0.15) is 31.7 Å². The Hall–Kier alpha value is -1.16. The molecule has 4 heteroatoms. The molecule has 1 aromatic heterocycles. The standard InChI is InChI=1S/C11H17N3S/c1-2-3-4-6-9-7-5-8-13-10(9)14-11(12)15/h5,7-8H,2-4,6H2,1H3,(H3,12,13,14,15). The molecular formula is C11H17N3S. The molecule has 1 rings (SSSR count). The maximum atomic E-state index is 5.43. The van der Waals surface area contributed by atoms with Crippen molar-refractivity contribution in [3.05, 3.63) is 23.9 Å². The molecule has 15 heavy (non-hydrogen) atoms. The first-order chi connectivity index (χ1) is 7.24. The van der Waals surface area contributed by atoms with Gasteiger partial charge in [0.25, 0.3) is 0 Å². The lowest BCUT2D eigenvalue weighted by atomic mass is 10.1. The van der Waals surface area contributed by atoms with Gasteiger partial charge in [-0.05, 0) is 36.7 Å². The monoisotopic (exact) mass is 223 g/mol. The average Bonchev–Trinajstić information content (AvgIpc) is 2.20. The van der Waals surface area contributed by atoms with E-state index in [-0.39, 0.29) is 5.11 Å². The van der Waals surface area contributed by atoms with E-state index in [1.807, 2.05) is 6.07 Å². The van der Waals surface area contributed by atoms with E-state index >= 15 is 0 Å². The number of unbranched alkanes of at least 4 members (excludes halogenated alkanes) is 2. The molecule has 0 saturated carbocycles. The molecule has 0 fully saturated rings. The molecule has 3 N–H and O–H groups in total. The molecule has 0 amide bonds. The smallest absolute Gasteiger partial charge is 0.169 e. The van der Waals surface area contributed by atoms with Crippen molar-refractivity contribution in [1.82, 2.24) is 4.98 Å². The Kier molecular flexibility index (Phi) is 5.04. The Morgan fingerprint density at radius 1 is 1.53 bits per heavy atom. The maximum Gasteiger partial charge on any atom is 0.169 e. The van der Waals surface area contributed by atoms with E-state index < -0.39 is 0 Å². The third-order valence-corrected chi connectivity index (χ3v) is 2.28. The maximum absolute atomic E-state index is 5.43. The highest BCUT2D eigenvalue weighted by Gasteiger charge is 2.02. The summed E-state index contributed by atoms with van der Waals surface area (Å²) < 4.78 is 0. The lowest BCUT2D eigenvalue weighted by Gasteiger charge is -2.08. The topological polar surface area (TPSA) is 50.9 Å². The first-order valence-corrected chi connectivity index (χ1v) is 5.65. The zero-order valence-corrected chi connectivity index (χ0v) is 9.81. The molecule has 1 heterocycles. The van der Waals surface area contributed by atoms with E-state index in [9.17, 15) is 0 Å². The Morgan fingerprint density at radius 3 is 3.00 bits per heavy atom. The molecule has 0 radical (unpaired) electrons. The minimum atomic E-state index is 0.269. The van der Waals surface area contributed by atoms with Gasteiger partial charge in [-0.25, -0.2) is 4.98 Å². The van der Waals surface area contributed by atoms with E-state index in [1.54, 1.807) is 6.20 Å². The zero-order valence-electron chi connectivity index (χ0n) is 8.99. The predicted molar refractivity (Wildman–Crippen MR) is 67.9 cm³/mol. The largest absolute Gasteiger partial charge is 0.376 e. The van der Waals surface area contributed by atoms with Crippen molar-refractivity contribution in [2.75, 3.05) is 5.32 Å². The van der Waals surface area contributed by atoms with Crippen molar-refractivity contribution in [3.8, 4) is 0 Å². The second-order valence-corrected chi connectivity index (χ2v) is 3.90. The van der Waals surface area contributed by atoms with Gasteiger partial charge in [0.1, 0.15) is 5.82 Å². The summed E-state index contributed by atoms with van der Waals surface area (Å²) in [5.41, 5.74) is 6.61. The van der Waals surface area contributed by atoms with Crippen molar-refractivity contribution in [2.24, 2.45) is 5.73 Å². The van der Waals surface area contributed by atoms with Crippen LogP contribution in [0.4, 0.5) is 5.82 Å². The summed E-state index contributed by atoms with van der Waals surface area (Å²) >= 11 is 4.80. The second kappa shape index (κ2) is 6.35. The van der Waals surface area contributed by atoms with Gasteiger partial charge in [0.05, 0.1) is 0 Å². The van der Waals surface area contributed by atoms with Crippen molar-refractivity contribution in [1.29, 1.82) is 0 Å². The highest BCUT2D eigenvalue weighted by Crippen LogP contribution is 2.14. The van der Waals surface area contributed by atoms with Crippen LogP contribution in [0.5, 0.6) is 0 Å². The number of hydrogen-bond acceptors (Lipinski definition) is 2. The third kappa shape index (κ3) is 4.25. The van der Waals surface area contributed by atoms with Crippen molar-refractivity contribution < 1.29 is 0 Å². The quantitative estimate of drug-likeness (QED) is 0.595. The van der Waals surface area contributed by atoms with Gasteiger partial charge < -0.3 is 11.1 Å². The Bertz CT molecular complexity index is 325. The summed E-state index contributed by atoms with van der Waals surface area (Å²) in [7, 11) is 0. The predicted octanol–water partition coefficient (Wildman–Crippen LogP) is 2.47. The normalized spacial score (nSPS) is 9.93. The van der Waals surface area contributed by atoms with Crippen molar-refractivity contribution in [3.63, 3.8) is 0 Å². The summed E-state index contributed by atoms with van der Waals surface area (Å²) in [4.78, 5) is 4.22. The summed E-state index contributed by atoms with van der Waals surface area (Å²) in [5, 5.41) is 3.17. The van der Waals surface area contributed by atoms with Crippen LogP contribution in [0.25, 0.3) is 0 Å². The molecular weight excluding hydrogens is 206 g/mol. The molecule has 0 aromatic carbocycles. The van der Waals surface area contributed by atoms with Gasteiger partial charge in [0.2, 0.25) is 0 Å². The van der Waals surface area contributed by atoms with Gasteiger partial charge in [-0.2, -0.15) is 0 Å². The molecule has 3 nitrogen and oxygen atoms in total. The third-order valence-electron chi connectivity index (χ3n) is 2.18. The number of aromatic nitrogens is 1.